The van der Waals surface area contributed by atoms with Crippen molar-refractivity contribution in [3.63, 3.8) is 0 Å². The third kappa shape index (κ3) is 3.24. The van der Waals surface area contributed by atoms with Gasteiger partial charge in [0.2, 0.25) is 12.7 Å². The van der Waals surface area contributed by atoms with Gasteiger partial charge in [-0.05, 0) is 42.7 Å². The van der Waals surface area contributed by atoms with Crippen LogP contribution in [0.3, 0.4) is 0 Å². The summed E-state index contributed by atoms with van der Waals surface area (Å²) in [6, 6.07) is 13.9. The largest absolute Gasteiger partial charge is 0.454 e. The summed E-state index contributed by atoms with van der Waals surface area (Å²) in [5.74, 6) is 1.88. The van der Waals surface area contributed by atoms with Gasteiger partial charge in [-0.25, -0.2) is 9.97 Å². The van der Waals surface area contributed by atoms with Gasteiger partial charge in [-0.3, -0.25) is 4.79 Å². The number of carbonyl (C=O) groups excluding carboxylic acids is 1. The number of rotatable bonds is 4. The average Bonchev–Trinajstić information content (AvgIpc) is 3.35. The first-order valence-corrected chi connectivity index (χ1v) is 9.55. The van der Waals surface area contributed by atoms with Crippen LogP contribution >= 0.6 is 0 Å². The van der Waals surface area contributed by atoms with Crippen LogP contribution in [0.15, 0.2) is 54.9 Å². The Labute approximate surface area is 168 Å². The minimum absolute atomic E-state index is 0.0789. The van der Waals surface area contributed by atoms with Crippen molar-refractivity contribution < 1.29 is 14.3 Å². The number of para-hydroxylation sites is 1. The lowest BCUT2D eigenvalue weighted by atomic mass is 10.1. The van der Waals surface area contributed by atoms with Crippen LogP contribution in [0.2, 0.25) is 0 Å². The molecule has 1 aromatic heterocycles. The third-order valence-corrected chi connectivity index (χ3v) is 5.21. The van der Waals surface area contributed by atoms with Crippen molar-refractivity contribution in [3.8, 4) is 11.5 Å². The van der Waals surface area contributed by atoms with Gasteiger partial charge in [-0.15, -0.1) is 0 Å². The molecule has 0 bridgehead atoms. The molecule has 0 radical (unpaired) electrons. The molecule has 0 saturated heterocycles. The summed E-state index contributed by atoms with van der Waals surface area (Å²) in [6.45, 7) is 2.85. The number of ether oxygens (including phenoxy) is 2. The fourth-order valence-electron chi connectivity index (χ4n) is 3.78. The number of hydrogen-bond acceptors (Lipinski definition) is 6. The summed E-state index contributed by atoms with van der Waals surface area (Å²) in [5.41, 5.74) is 3.66. The quantitative estimate of drug-likeness (QED) is 0.738. The van der Waals surface area contributed by atoms with Crippen molar-refractivity contribution in [2.24, 2.45) is 0 Å². The number of benzene rings is 2. The highest BCUT2D eigenvalue weighted by Gasteiger charge is 2.31. The number of fused-ring (bicyclic) bond motifs is 2. The number of nitrogens with one attached hydrogen (secondary N) is 1. The summed E-state index contributed by atoms with van der Waals surface area (Å²) in [6.07, 6.45) is 4.01. The Kier molecular flexibility index (Phi) is 4.27. The molecule has 2 aliphatic rings. The number of nitrogens with zero attached hydrogens (tertiary/aromatic N) is 3. The summed E-state index contributed by atoms with van der Waals surface area (Å²) < 4.78 is 10.7. The Morgan fingerprint density at radius 1 is 1.14 bits per heavy atom. The lowest BCUT2D eigenvalue weighted by molar-refractivity contribution is 0.0981. The predicted molar refractivity (Wildman–Crippen MR) is 108 cm³/mol. The molecule has 7 heteroatoms. The lowest BCUT2D eigenvalue weighted by Crippen LogP contribution is -2.35. The van der Waals surface area contributed by atoms with Crippen LogP contribution in [-0.2, 0) is 13.0 Å². The van der Waals surface area contributed by atoms with Crippen molar-refractivity contribution in [1.29, 1.82) is 0 Å². The molecule has 2 aromatic carbocycles. The average molecular weight is 388 g/mol. The number of amides is 1. The van der Waals surface area contributed by atoms with Crippen molar-refractivity contribution in [3.05, 3.63) is 71.5 Å². The molecule has 5 rings (SSSR count). The van der Waals surface area contributed by atoms with Gasteiger partial charge >= 0.3 is 0 Å². The Hall–Kier alpha value is -3.61. The van der Waals surface area contributed by atoms with Crippen LogP contribution < -0.4 is 19.7 Å². The molecule has 0 saturated carbocycles. The van der Waals surface area contributed by atoms with Crippen LogP contribution in [0.1, 0.15) is 28.4 Å². The standard InChI is InChI=1S/C22H20N4O3/c1-14-8-16-4-2-3-5-18(16)26(14)21(27)17-11-24-22(25-12-17)23-10-15-6-7-19-20(9-15)29-13-28-19/h2-7,9,11-12,14H,8,10,13H2,1H3,(H,23,24,25). The fraction of sp³-hybridized carbons (Fsp3) is 0.227. The van der Waals surface area contributed by atoms with E-state index in [9.17, 15) is 4.79 Å². The molecular formula is C22H20N4O3. The summed E-state index contributed by atoms with van der Waals surface area (Å²) in [5, 5.41) is 3.17. The van der Waals surface area contributed by atoms with E-state index in [1.807, 2.05) is 41.3 Å². The van der Waals surface area contributed by atoms with E-state index in [0.29, 0.717) is 18.1 Å². The van der Waals surface area contributed by atoms with E-state index in [2.05, 4.69) is 28.3 Å². The molecular weight excluding hydrogens is 368 g/mol. The van der Waals surface area contributed by atoms with E-state index >= 15 is 0 Å². The first-order chi connectivity index (χ1) is 14.2. The summed E-state index contributed by atoms with van der Waals surface area (Å²) in [7, 11) is 0. The highest BCUT2D eigenvalue weighted by Crippen LogP contribution is 2.33. The first-order valence-electron chi connectivity index (χ1n) is 9.55. The predicted octanol–water partition coefficient (Wildman–Crippen LogP) is 3.41. The second-order valence-corrected chi connectivity index (χ2v) is 7.19. The summed E-state index contributed by atoms with van der Waals surface area (Å²) in [4.78, 5) is 23.5. The van der Waals surface area contributed by atoms with Crippen LogP contribution in [0.4, 0.5) is 11.6 Å². The van der Waals surface area contributed by atoms with Crippen LogP contribution in [0.25, 0.3) is 0 Å². The number of anilines is 2. The van der Waals surface area contributed by atoms with E-state index in [0.717, 1.165) is 29.2 Å². The van der Waals surface area contributed by atoms with Crippen LogP contribution in [0, 0.1) is 0 Å². The van der Waals surface area contributed by atoms with Crippen LogP contribution in [-0.4, -0.2) is 28.7 Å². The molecule has 0 aliphatic carbocycles. The zero-order chi connectivity index (χ0) is 19.8. The van der Waals surface area contributed by atoms with Crippen molar-refractivity contribution in [2.45, 2.75) is 25.9 Å². The Morgan fingerprint density at radius 2 is 1.93 bits per heavy atom. The van der Waals surface area contributed by atoms with Crippen molar-refractivity contribution in [1.82, 2.24) is 9.97 Å². The first kappa shape index (κ1) is 17.5. The molecule has 7 nitrogen and oxygen atoms in total. The monoisotopic (exact) mass is 388 g/mol. The van der Waals surface area contributed by atoms with Gasteiger partial charge in [0.1, 0.15) is 0 Å². The van der Waals surface area contributed by atoms with E-state index in [1.165, 1.54) is 5.56 Å². The minimum Gasteiger partial charge on any atom is -0.454 e. The van der Waals surface area contributed by atoms with E-state index in [-0.39, 0.29) is 18.7 Å². The number of hydrogen-bond donors (Lipinski definition) is 1. The maximum absolute atomic E-state index is 13.0. The maximum Gasteiger partial charge on any atom is 0.261 e. The molecule has 1 N–H and O–H groups in total. The molecule has 0 fully saturated rings. The molecule has 1 amide bonds. The van der Waals surface area contributed by atoms with Gasteiger partial charge in [0, 0.05) is 30.7 Å². The molecule has 29 heavy (non-hydrogen) atoms. The zero-order valence-corrected chi connectivity index (χ0v) is 16.0. The topological polar surface area (TPSA) is 76.6 Å². The SMILES string of the molecule is CC1Cc2ccccc2N1C(=O)c1cnc(NCc2ccc3c(c2)OCO3)nc1. The summed E-state index contributed by atoms with van der Waals surface area (Å²) >= 11 is 0. The van der Waals surface area contributed by atoms with Gasteiger partial charge < -0.3 is 19.7 Å². The zero-order valence-electron chi connectivity index (χ0n) is 16.0. The fourth-order valence-corrected chi connectivity index (χ4v) is 3.78. The van der Waals surface area contributed by atoms with E-state index < -0.39 is 0 Å². The molecule has 146 valence electrons. The Balaban J connectivity index is 1.27. The Morgan fingerprint density at radius 3 is 2.79 bits per heavy atom. The second kappa shape index (κ2) is 7.09. The number of carbonyl (C=O) groups is 1. The molecule has 3 aromatic rings. The number of aromatic nitrogens is 2. The van der Waals surface area contributed by atoms with Gasteiger partial charge in [-0.1, -0.05) is 24.3 Å². The van der Waals surface area contributed by atoms with Gasteiger partial charge in [-0.2, -0.15) is 0 Å². The maximum atomic E-state index is 13.0. The molecule has 1 unspecified atom stereocenters. The molecule has 0 spiro atoms. The normalized spacial score (nSPS) is 16.6. The van der Waals surface area contributed by atoms with E-state index in [1.54, 1.807) is 12.4 Å². The van der Waals surface area contributed by atoms with Gasteiger partial charge in [0.05, 0.1) is 5.56 Å². The molecule has 3 heterocycles. The van der Waals surface area contributed by atoms with Gasteiger partial charge in [0.15, 0.2) is 11.5 Å². The van der Waals surface area contributed by atoms with Crippen molar-refractivity contribution in [2.75, 3.05) is 17.0 Å². The smallest absolute Gasteiger partial charge is 0.261 e. The molecule has 2 aliphatic heterocycles. The Bertz CT molecular complexity index is 1070. The minimum atomic E-state index is -0.0789. The van der Waals surface area contributed by atoms with E-state index in [4.69, 9.17) is 9.47 Å². The third-order valence-electron chi connectivity index (χ3n) is 5.21. The second-order valence-electron chi connectivity index (χ2n) is 7.19. The molecule has 1 atom stereocenters. The van der Waals surface area contributed by atoms with Gasteiger partial charge in [0.25, 0.3) is 5.91 Å². The van der Waals surface area contributed by atoms with Crippen molar-refractivity contribution >= 4 is 17.5 Å². The highest BCUT2D eigenvalue weighted by molar-refractivity contribution is 6.07. The highest BCUT2D eigenvalue weighted by atomic mass is 16.7. The van der Waals surface area contributed by atoms with Crippen LogP contribution in [0.5, 0.6) is 11.5 Å². The lowest BCUT2D eigenvalue weighted by Gasteiger charge is -2.22.